The van der Waals surface area contributed by atoms with Gasteiger partial charge in [0, 0.05) is 41.5 Å². The summed E-state index contributed by atoms with van der Waals surface area (Å²) in [6, 6.07) is 1.78. The number of ether oxygens (including phenoxy) is 1. The van der Waals surface area contributed by atoms with E-state index in [1.807, 2.05) is 19.9 Å². The van der Waals surface area contributed by atoms with Crippen LogP contribution in [0.1, 0.15) is 65.5 Å². The van der Waals surface area contributed by atoms with Gasteiger partial charge in [-0.15, -0.1) is 6.58 Å². The standard InChI is InChI=1S/C29H43N3O5S/c1-7-27(5)15-21(37-23(35)16-38-26-31-18(3)14-22(32-26)30-12-13-33)28(6)17(2)8-10-29(19(4)25(27)36)11-9-20(34)24(28)29/h7,14,17,19,21,24-25,33,36H,1,8-13,15-16H2,2-6H3,(H,30,31,32)/t17-,19+,21-,24+,25+,27-,28+,29+/m1/s1. The van der Waals surface area contributed by atoms with E-state index in [2.05, 4.69) is 42.6 Å². The third kappa shape index (κ3) is 4.90. The molecule has 1 aromatic heterocycles. The number of carbonyl (C=O) groups is 2. The summed E-state index contributed by atoms with van der Waals surface area (Å²) in [5.74, 6) is 0.344. The lowest BCUT2D eigenvalue weighted by atomic mass is 9.44. The summed E-state index contributed by atoms with van der Waals surface area (Å²) in [4.78, 5) is 35.7. The van der Waals surface area contributed by atoms with Gasteiger partial charge in [-0.05, 0) is 49.9 Å². The van der Waals surface area contributed by atoms with E-state index in [9.17, 15) is 14.7 Å². The Bertz CT molecular complexity index is 1080. The number of carbonyl (C=O) groups excluding carboxylic acids is 2. The van der Waals surface area contributed by atoms with Crippen molar-refractivity contribution in [3.05, 3.63) is 24.4 Å². The Morgan fingerprint density at radius 2 is 2.05 bits per heavy atom. The van der Waals surface area contributed by atoms with Crippen LogP contribution in [0.15, 0.2) is 23.9 Å². The zero-order valence-corrected chi connectivity index (χ0v) is 24.1. The molecule has 4 rings (SSSR count). The third-order valence-electron chi connectivity index (χ3n) is 10.1. The smallest absolute Gasteiger partial charge is 0.316 e. The van der Waals surface area contributed by atoms with Gasteiger partial charge < -0.3 is 20.3 Å². The first-order valence-corrected chi connectivity index (χ1v) is 14.8. The number of aryl methyl sites for hydroxylation is 1. The first kappa shape index (κ1) is 29.0. The largest absolute Gasteiger partial charge is 0.461 e. The molecule has 210 valence electrons. The molecule has 0 unspecified atom stereocenters. The zero-order valence-electron chi connectivity index (χ0n) is 23.3. The second-order valence-corrected chi connectivity index (χ2v) is 13.1. The summed E-state index contributed by atoms with van der Waals surface area (Å²) in [5, 5.41) is 24.2. The summed E-state index contributed by atoms with van der Waals surface area (Å²) in [6.07, 6.45) is 4.12. The molecular weight excluding hydrogens is 502 g/mol. The summed E-state index contributed by atoms with van der Waals surface area (Å²) in [6.45, 7) is 14.7. The molecule has 0 spiro atoms. The van der Waals surface area contributed by atoms with Crippen LogP contribution in [0.25, 0.3) is 0 Å². The summed E-state index contributed by atoms with van der Waals surface area (Å²) in [5.41, 5.74) is -0.742. The number of aliphatic hydroxyl groups is 2. The van der Waals surface area contributed by atoms with Gasteiger partial charge in [-0.25, -0.2) is 9.97 Å². The fraction of sp³-hybridized carbons (Fsp3) is 0.724. The van der Waals surface area contributed by atoms with E-state index < -0.39 is 23.0 Å². The fourth-order valence-electron chi connectivity index (χ4n) is 7.70. The van der Waals surface area contributed by atoms with Crippen molar-refractivity contribution in [3.63, 3.8) is 0 Å². The number of aliphatic hydroxyl groups excluding tert-OH is 2. The SMILES string of the molecule is C=C[C@]1(C)C[C@@H](OC(=O)CSc2nc(C)cc(NCCO)n2)[C@]2(C)[C@H](C)CC[C@]3(CCC(=O)[C@H]32)[C@@H](C)[C@@H]1O. The number of Topliss-reactive ketones (excluding diaryl/α,β-unsaturated/α-hetero) is 1. The van der Waals surface area contributed by atoms with E-state index in [-0.39, 0.29) is 47.3 Å². The van der Waals surface area contributed by atoms with Crippen molar-refractivity contribution in [2.24, 2.45) is 34.0 Å². The first-order chi connectivity index (χ1) is 17.9. The van der Waals surface area contributed by atoms with Crippen LogP contribution in [0.4, 0.5) is 5.82 Å². The number of aromatic nitrogens is 2. The van der Waals surface area contributed by atoms with Crippen molar-refractivity contribution in [2.45, 2.75) is 84.1 Å². The molecule has 0 radical (unpaired) electrons. The maximum Gasteiger partial charge on any atom is 0.316 e. The van der Waals surface area contributed by atoms with Crippen molar-refractivity contribution in [1.29, 1.82) is 0 Å². The van der Waals surface area contributed by atoms with Crippen molar-refractivity contribution < 1.29 is 24.5 Å². The van der Waals surface area contributed by atoms with Crippen LogP contribution in [0.3, 0.4) is 0 Å². The number of hydrogen-bond acceptors (Lipinski definition) is 9. The number of anilines is 1. The van der Waals surface area contributed by atoms with E-state index in [0.29, 0.717) is 30.4 Å². The number of nitrogens with zero attached hydrogens (tertiary/aromatic N) is 2. The highest BCUT2D eigenvalue weighted by Gasteiger charge is 2.68. The van der Waals surface area contributed by atoms with Crippen LogP contribution in [-0.2, 0) is 14.3 Å². The predicted molar refractivity (Wildman–Crippen MR) is 148 cm³/mol. The van der Waals surface area contributed by atoms with Gasteiger partial charge in [0.05, 0.1) is 18.5 Å². The van der Waals surface area contributed by atoms with E-state index in [0.717, 1.165) is 25.0 Å². The normalized spacial score (nSPS) is 38.6. The molecule has 9 heteroatoms. The Kier molecular flexibility index (Phi) is 8.32. The zero-order chi connectivity index (χ0) is 27.9. The molecule has 0 aromatic carbocycles. The van der Waals surface area contributed by atoms with Crippen LogP contribution in [0.5, 0.6) is 0 Å². The van der Waals surface area contributed by atoms with Gasteiger partial charge in [-0.2, -0.15) is 0 Å². The third-order valence-corrected chi connectivity index (χ3v) is 11.0. The maximum atomic E-state index is 13.5. The van der Waals surface area contributed by atoms with Crippen LogP contribution in [0, 0.1) is 40.9 Å². The second kappa shape index (κ2) is 10.9. The average molecular weight is 546 g/mol. The fourth-order valence-corrected chi connectivity index (χ4v) is 8.38. The number of thioether (sulfide) groups is 1. The molecule has 3 aliphatic carbocycles. The van der Waals surface area contributed by atoms with Crippen LogP contribution in [0.2, 0.25) is 0 Å². The van der Waals surface area contributed by atoms with Crippen molar-refractivity contribution in [1.82, 2.24) is 9.97 Å². The Hall–Kier alpha value is -1.97. The molecule has 0 amide bonds. The van der Waals surface area contributed by atoms with Gasteiger partial charge in [0.25, 0.3) is 0 Å². The number of nitrogens with one attached hydrogen (secondary N) is 1. The first-order valence-electron chi connectivity index (χ1n) is 13.8. The maximum absolute atomic E-state index is 13.5. The summed E-state index contributed by atoms with van der Waals surface area (Å²) in [7, 11) is 0. The molecule has 3 N–H and O–H groups in total. The number of hydrogen-bond donors (Lipinski definition) is 3. The van der Waals surface area contributed by atoms with E-state index in [1.54, 1.807) is 6.07 Å². The van der Waals surface area contributed by atoms with Crippen molar-refractivity contribution >= 4 is 29.3 Å². The van der Waals surface area contributed by atoms with Gasteiger partial charge in [0.15, 0.2) is 5.16 Å². The molecule has 3 saturated carbocycles. The van der Waals surface area contributed by atoms with Crippen LogP contribution in [-0.4, -0.2) is 63.0 Å². The van der Waals surface area contributed by atoms with E-state index in [1.165, 1.54) is 11.8 Å². The molecule has 3 fully saturated rings. The van der Waals surface area contributed by atoms with Gasteiger partial charge in [-0.1, -0.05) is 45.5 Å². The second-order valence-electron chi connectivity index (χ2n) is 12.2. The van der Waals surface area contributed by atoms with E-state index in [4.69, 9.17) is 9.84 Å². The lowest BCUT2D eigenvalue weighted by molar-refractivity contribution is -0.205. The Morgan fingerprint density at radius 1 is 1.32 bits per heavy atom. The molecule has 1 heterocycles. The molecule has 8 atom stereocenters. The molecule has 8 nitrogen and oxygen atoms in total. The minimum Gasteiger partial charge on any atom is -0.461 e. The minimum atomic E-state index is -0.688. The van der Waals surface area contributed by atoms with Gasteiger partial charge in [-0.3, -0.25) is 9.59 Å². The lowest BCUT2D eigenvalue weighted by Gasteiger charge is -2.61. The van der Waals surface area contributed by atoms with Crippen LogP contribution >= 0.6 is 11.8 Å². The lowest BCUT2D eigenvalue weighted by Crippen LogP contribution is -2.63. The molecule has 0 saturated heterocycles. The highest BCUT2D eigenvalue weighted by Crippen LogP contribution is 2.68. The number of esters is 1. The Morgan fingerprint density at radius 3 is 2.74 bits per heavy atom. The summed E-state index contributed by atoms with van der Waals surface area (Å²) >= 11 is 1.20. The van der Waals surface area contributed by atoms with Gasteiger partial charge in [0.2, 0.25) is 0 Å². The monoisotopic (exact) mass is 545 g/mol. The number of rotatable bonds is 8. The van der Waals surface area contributed by atoms with Crippen molar-refractivity contribution in [2.75, 3.05) is 24.2 Å². The topological polar surface area (TPSA) is 122 Å². The predicted octanol–water partition coefficient (Wildman–Crippen LogP) is 4.19. The number of ketones is 1. The minimum absolute atomic E-state index is 0.0156. The highest BCUT2D eigenvalue weighted by molar-refractivity contribution is 7.99. The van der Waals surface area contributed by atoms with E-state index >= 15 is 0 Å². The molecule has 38 heavy (non-hydrogen) atoms. The quantitative estimate of drug-likeness (QED) is 0.191. The molecule has 0 aliphatic heterocycles. The van der Waals surface area contributed by atoms with Gasteiger partial charge >= 0.3 is 5.97 Å². The average Bonchev–Trinajstić information content (AvgIpc) is 3.24. The van der Waals surface area contributed by atoms with Crippen LogP contribution < -0.4 is 5.32 Å². The summed E-state index contributed by atoms with van der Waals surface area (Å²) < 4.78 is 6.29. The Labute approximate surface area is 230 Å². The van der Waals surface area contributed by atoms with Gasteiger partial charge in [0.1, 0.15) is 17.7 Å². The van der Waals surface area contributed by atoms with Crippen molar-refractivity contribution in [3.8, 4) is 0 Å². The molecule has 3 aliphatic rings. The molecular formula is C29H43N3O5S. The highest BCUT2D eigenvalue weighted by atomic mass is 32.2. The molecule has 2 bridgehead atoms. The molecule has 1 aromatic rings. The Balaban J connectivity index is 1.62.